The molecule has 1 aromatic heterocycles. The van der Waals surface area contributed by atoms with Crippen LogP contribution >= 0.6 is 27.3 Å². The lowest BCUT2D eigenvalue weighted by atomic mass is 9.80. The maximum absolute atomic E-state index is 11.2. The molecule has 1 fully saturated rings. The number of carbonyl (C=O) groups excluding carboxylic acids is 1. The van der Waals surface area contributed by atoms with Crippen LogP contribution in [0, 0.1) is 0 Å². The molecule has 0 amide bonds. The Balaban J connectivity index is 2.05. The smallest absolute Gasteiger partial charge is 0.305 e. The number of esters is 1. The van der Waals surface area contributed by atoms with Crippen LogP contribution in [0.25, 0.3) is 0 Å². The number of rotatable bonds is 4. The van der Waals surface area contributed by atoms with E-state index in [0.717, 1.165) is 10.9 Å². The van der Waals surface area contributed by atoms with Gasteiger partial charge in [-0.15, -0.1) is 11.3 Å². The summed E-state index contributed by atoms with van der Waals surface area (Å²) in [4.78, 5) is 12.5. The summed E-state index contributed by atoms with van der Waals surface area (Å²) in [5.74, 6) is -0.151. The van der Waals surface area contributed by atoms with Gasteiger partial charge in [0, 0.05) is 21.2 Å². The first-order valence-electron chi connectivity index (χ1n) is 5.05. The van der Waals surface area contributed by atoms with Crippen molar-refractivity contribution in [3.05, 3.63) is 20.8 Å². The molecule has 0 aromatic carbocycles. The molecule has 1 aliphatic heterocycles. The maximum Gasteiger partial charge on any atom is 0.305 e. The number of thiophene rings is 1. The van der Waals surface area contributed by atoms with E-state index in [1.54, 1.807) is 11.3 Å². The van der Waals surface area contributed by atoms with Gasteiger partial charge in [-0.05, 0) is 28.4 Å². The Morgan fingerprint density at radius 3 is 2.88 bits per heavy atom. The fourth-order valence-corrected chi connectivity index (χ4v) is 3.43. The molecular weight excluding hydrogens is 292 g/mol. The second-order valence-corrected chi connectivity index (χ2v) is 5.81. The quantitative estimate of drug-likeness (QED) is 0.802. The lowest BCUT2D eigenvalue weighted by molar-refractivity contribution is -0.142. The molecule has 0 radical (unpaired) electrons. The molecule has 1 aliphatic rings. The molecule has 2 heterocycles. The highest BCUT2D eigenvalue weighted by molar-refractivity contribution is 9.10. The van der Waals surface area contributed by atoms with Gasteiger partial charge in [0.05, 0.1) is 25.7 Å². The summed E-state index contributed by atoms with van der Waals surface area (Å²) >= 11 is 5.16. The molecule has 0 spiro atoms. The van der Waals surface area contributed by atoms with Crippen LogP contribution in [-0.4, -0.2) is 26.3 Å². The van der Waals surface area contributed by atoms with Crippen molar-refractivity contribution in [2.45, 2.75) is 18.3 Å². The molecule has 0 N–H and O–H groups in total. The molecule has 0 saturated carbocycles. The van der Waals surface area contributed by atoms with Crippen LogP contribution in [0.4, 0.5) is 0 Å². The topological polar surface area (TPSA) is 35.5 Å². The average Bonchev–Trinajstić information content (AvgIpc) is 2.63. The van der Waals surface area contributed by atoms with Crippen molar-refractivity contribution in [1.29, 1.82) is 0 Å². The van der Waals surface area contributed by atoms with Crippen LogP contribution in [0.2, 0.25) is 0 Å². The number of hydrogen-bond donors (Lipinski definition) is 0. The van der Waals surface area contributed by atoms with Crippen LogP contribution in [-0.2, 0) is 19.7 Å². The minimum atomic E-state index is -0.151. The summed E-state index contributed by atoms with van der Waals surface area (Å²) in [7, 11) is 1.42. The van der Waals surface area contributed by atoms with E-state index in [2.05, 4.69) is 32.1 Å². The van der Waals surface area contributed by atoms with Gasteiger partial charge in [0.2, 0.25) is 0 Å². The van der Waals surface area contributed by atoms with E-state index >= 15 is 0 Å². The molecule has 3 nitrogen and oxygen atoms in total. The summed E-state index contributed by atoms with van der Waals surface area (Å²) in [6.07, 6.45) is 1.25. The van der Waals surface area contributed by atoms with Crippen molar-refractivity contribution in [1.82, 2.24) is 0 Å². The van der Waals surface area contributed by atoms with Gasteiger partial charge in [-0.2, -0.15) is 0 Å². The van der Waals surface area contributed by atoms with Gasteiger partial charge >= 0.3 is 5.97 Å². The predicted molar refractivity (Wildman–Crippen MR) is 65.8 cm³/mol. The number of hydrogen-bond acceptors (Lipinski definition) is 4. The molecule has 0 aliphatic carbocycles. The lowest BCUT2D eigenvalue weighted by Gasteiger charge is -2.40. The molecule has 0 atom stereocenters. The Hall–Kier alpha value is -0.390. The van der Waals surface area contributed by atoms with Gasteiger partial charge in [0.1, 0.15) is 0 Å². The second-order valence-electron chi connectivity index (χ2n) is 3.98. The summed E-state index contributed by atoms with van der Waals surface area (Å²) < 4.78 is 11.1. The average molecular weight is 305 g/mol. The van der Waals surface area contributed by atoms with Gasteiger partial charge in [-0.1, -0.05) is 0 Å². The van der Waals surface area contributed by atoms with E-state index in [9.17, 15) is 4.79 Å². The van der Waals surface area contributed by atoms with E-state index in [1.165, 1.54) is 12.0 Å². The number of halogens is 1. The first-order chi connectivity index (χ1) is 7.66. The Morgan fingerprint density at radius 2 is 2.44 bits per heavy atom. The van der Waals surface area contributed by atoms with Crippen molar-refractivity contribution in [2.75, 3.05) is 20.3 Å². The Bertz CT molecular complexity index is 384. The molecule has 88 valence electrons. The van der Waals surface area contributed by atoms with Crippen LogP contribution in [0.1, 0.15) is 17.7 Å². The fourth-order valence-electron chi connectivity index (χ4n) is 1.79. The molecule has 5 heteroatoms. The first kappa shape index (κ1) is 12.1. The zero-order chi connectivity index (χ0) is 11.6. The van der Waals surface area contributed by atoms with E-state index in [0.29, 0.717) is 19.6 Å². The van der Waals surface area contributed by atoms with Crippen molar-refractivity contribution in [2.24, 2.45) is 0 Å². The van der Waals surface area contributed by atoms with Crippen molar-refractivity contribution < 1.29 is 14.3 Å². The molecule has 16 heavy (non-hydrogen) atoms. The largest absolute Gasteiger partial charge is 0.469 e. The standard InChI is InChI=1S/C11H13BrO3S/c1-14-10(13)2-3-11(6-15-7-11)9-4-8(12)5-16-9/h4-5H,2-3,6-7H2,1H3. The lowest BCUT2D eigenvalue weighted by Crippen LogP contribution is -2.46. The Kier molecular flexibility index (Phi) is 3.66. The number of carbonyl (C=O) groups is 1. The normalized spacial score (nSPS) is 17.9. The molecule has 2 rings (SSSR count). The van der Waals surface area contributed by atoms with Crippen LogP contribution in [0.15, 0.2) is 15.9 Å². The molecule has 1 saturated heterocycles. The molecule has 1 aromatic rings. The minimum Gasteiger partial charge on any atom is -0.469 e. The Labute approximate surface area is 107 Å². The predicted octanol–water partition coefficient (Wildman–Crippen LogP) is 2.73. The van der Waals surface area contributed by atoms with Gasteiger partial charge in [-0.3, -0.25) is 4.79 Å². The highest BCUT2D eigenvalue weighted by Crippen LogP contribution is 2.41. The first-order valence-corrected chi connectivity index (χ1v) is 6.73. The summed E-state index contributed by atoms with van der Waals surface area (Å²) in [5.41, 5.74) is 0.0326. The van der Waals surface area contributed by atoms with Crippen LogP contribution in [0.5, 0.6) is 0 Å². The molecular formula is C11H13BrO3S. The zero-order valence-electron chi connectivity index (χ0n) is 8.99. The zero-order valence-corrected chi connectivity index (χ0v) is 11.4. The summed E-state index contributed by atoms with van der Waals surface area (Å²) in [6, 6.07) is 2.12. The third kappa shape index (κ3) is 2.31. The van der Waals surface area contributed by atoms with E-state index in [1.807, 2.05) is 0 Å². The third-order valence-corrected chi connectivity index (χ3v) is 4.82. The highest BCUT2D eigenvalue weighted by atomic mass is 79.9. The van der Waals surface area contributed by atoms with Crippen molar-refractivity contribution >= 4 is 33.2 Å². The molecule has 0 unspecified atom stereocenters. The minimum absolute atomic E-state index is 0.0326. The number of methoxy groups -OCH3 is 1. The van der Waals surface area contributed by atoms with Gasteiger partial charge in [0.15, 0.2) is 0 Å². The van der Waals surface area contributed by atoms with Gasteiger partial charge < -0.3 is 9.47 Å². The maximum atomic E-state index is 11.2. The monoisotopic (exact) mass is 304 g/mol. The van der Waals surface area contributed by atoms with Gasteiger partial charge in [0.25, 0.3) is 0 Å². The molecule has 0 bridgehead atoms. The fraction of sp³-hybridized carbons (Fsp3) is 0.545. The summed E-state index contributed by atoms with van der Waals surface area (Å²) in [5, 5.41) is 2.06. The van der Waals surface area contributed by atoms with Crippen LogP contribution < -0.4 is 0 Å². The van der Waals surface area contributed by atoms with Crippen molar-refractivity contribution in [3.63, 3.8) is 0 Å². The second kappa shape index (κ2) is 4.85. The van der Waals surface area contributed by atoms with Crippen molar-refractivity contribution in [3.8, 4) is 0 Å². The number of ether oxygens (including phenoxy) is 2. The Morgan fingerprint density at radius 1 is 1.69 bits per heavy atom. The third-order valence-electron chi connectivity index (χ3n) is 2.88. The highest BCUT2D eigenvalue weighted by Gasteiger charge is 2.41. The summed E-state index contributed by atoms with van der Waals surface area (Å²) in [6.45, 7) is 1.41. The van der Waals surface area contributed by atoms with Crippen LogP contribution in [0.3, 0.4) is 0 Å². The SMILES string of the molecule is COC(=O)CCC1(c2cc(Br)cs2)COC1. The van der Waals surface area contributed by atoms with E-state index in [-0.39, 0.29) is 11.4 Å². The van der Waals surface area contributed by atoms with Gasteiger partial charge in [-0.25, -0.2) is 0 Å². The van der Waals surface area contributed by atoms with E-state index in [4.69, 9.17) is 4.74 Å². The van der Waals surface area contributed by atoms with E-state index < -0.39 is 0 Å².